The Balaban J connectivity index is 1.59. The number of aromatic hydroxyl groups is 1. The van der Waals surface area contributed by atoms with Crippen LogP contribution in [0.25, 0.3) is 6.08 Å². The van der Waals surface area contributed by atoms with E-state index in [0.29, 0.717) is 17.7 Å². The highest BCUT2D eigenvalue weighted by Gasteiger charge is 2.44. The molecule has 0 bridgehead atoms. The molecule has 1 saturated heterocycles. The lowest BCUT2D eigenvalue weighted by Crippen LogP contribution is -2.60. The highest BCUT2D eigenvalue weighted by atomic mass is 32.2. The SMILES string of the molecule is O=S(/C=C/c1ccc(OC2OC(CO)C(O)C(O)C2O)c(O)c1)CCc1ccccc1. The van der Waals surface area contributed by atoms with Crippen LogP contribution in [0.3, 0.4) is 0 Å². The van der Waals surface area contributed by atoms with Gasteiger partial charge in [0.1, 0.15) is 24.4 Å². The molecular formula is C22H26O8S. The van der Waals surface area contributed by atoms with Crippen LogP contribution < -0.4 is 4.74 Å². The monoisotopic (exact) mass is 450 g/mol. The largest absolute Gasteiger partial charge is 0.504 e. The van der Waals surface area contributed by atoms with Gasteiger partial charge in [-0.3, -0.25) is 4.21 Å². The highest BCUT2D eigenvalue weighted by Crippen LogP contribution is 2.31. The summed E-state index contributed by atoms with van der Waals surface area (Å²) < 4.78 is 22.9. The molecule has 6 unspecified atom stereocenters. The van der Waals surface area contributed by atoms with Crippen molar-refractivity contribution in [1.29, 1.82) is 0 Å². The van der Waals surface area contributed by atoms with Gasteiger partial charge in [0.15, 0.2) is 11.5 Å². The average molecular weight is 451 g/mol. The molecule has 0 aromatic heterocycles. The molecule has 1 heterocycles. The number of ether oxygens (including phenoxy) is 2. The quantitative estimate of drug-likeness (QED) is 0.393. The first-order valence-corrected chi connectivity index (χ1v) is 11.2. The van der Waals surface area contributed by atoms with Crippen molar-refractivity contribution in [3.8, 4) is 11.5 Å². The van der Waals surface area contributed by atoms with Crippen LogP contribution in [0, 0.1) is 0 Å². The smallest absolute Gasteiger partial charge is 0.229 e. The number of aliphatic hydroxyl groups excluding tert-OH is 4. The van der Waals surface area contributed by atoms with Gasteiger partial charge in [0.25, 0.3) is 0 Å². The third kappa shape index (κ3) is 6.13. The fourth-order valence-corrected chi connectivity index (χ4v) is 4.00. The van der Waals surface area contributed by atoms with Crippen LogP contribution in [-0.2, 0) is 22.0 Å². The normalized spacial score (nSPS) is 27.3. The van der Waals surface area contributed by atoms with Crippen molar-refractivity contribution >= 4 is 16.9 Å². The summed E-state index contributed by atoms with van der Waals surface area (Å²) in [6, 6.07) is 14.2. The van der Waals surface area contributed by atoms with Crippen LogP contribution in [0.4, 0.5) is 0 Å². The van der Waals surface area contributed by atoms with E-state index in [0.717, 1.165) is 5.56 Å². The minimum atomic E-state index is -1.58. The minimum Gasteiger partial charge on any atom is -0.504 e. The predicted molar refractivity (Wildman–Crippen MR) is 115 cm³/mol. The summed E-state index contributed by atoms with van der Waals surface area (Å²) in [4.78, 5) is 0. The van der Waals surface area contributed by atoms with Crippen molar-refractivity contribution in [1.82, 2.24) is 0 Å². The molecular weight excluding hydrogens is 424 g/mol. The summed E-state index contributed by atoms with van der Waals surface area (Å²) >= 11 is 0. The maximum Gasteiger partial charge on any atom is 0.229 e. The molecule has 0 radical (unpaired) electrons. The van der Waals surface area contributed by atoms with Gasteiger partial charge in [-0.25, -0.2) is 0 Å². The van der Waals surface area contributed by atoms with Crippen LogP contribution >= 0.6 is 0 Å². The third-order valence-corrected chi connectivity index (χ3v) is 5.97. The van der Waals surface area contributed by atoms with Gasteiger partial charge in [-0.2, -0.15) is 0 Å². The Bertz CT molecular complexity index is 902. The Morgan fingerprint density at radius 1 is 1.03 bits per heavy atom. The first kappa shape index (κ1) is 23.4. The fourth-order valence-electron chi connectivity index (χ4n) is 3.11. The van der Waals surface area contributed by atoms with Crippen LogP contribution in [-0.4, -0.2) is 72.8 Å². The number of hydrogen-bond acceptors (Lipinski definition) is 8. The van der Waals surface area contributed by atoms with E-state index < -0.39 is 48.1 Å². The maximum absolute atomic E-state index is 12.2. The number of phenols is 1. The van der Waals surface area contributed by atoms with E-state index in [-0.39, 0.29) is 11.5 Å². The second-order valence-corrected chi connectivity index (χ2v) is 8.61. The molecule has 0 spiro atoms. The third-order valence-electron chi connectivity index (χ3n) is 4.92. The molecule has 0 aliphatic carbocycles. The fraction of sp³-hybridized carbons (Fsp3) is 0.364. The lowest BCUT2D eigenvalue weighted by Gasteiger charge is -2.39. The first-order chi connectivity index (χ1) is 14.9. The van der Waals surface area contributed by atoms with Gasteiger partial charge in [0, 0.05) is 22.0 Å². The van der Waals surface area contributed by atoms with Gasteiger partial charge in [-0.15, -0.1) is 0 Å². The van der Waals surface area contributed by atoms with E-state index >= 15 is 0 Å². The Labute approximate surface area is 182 Å². The number of aryl methyl sites for hydroxylation is 1. The Kier molecular flexibility index (Phi) is 8.19. The van der Waals surface area contributed by atoms with E-state index in [4.69, 9.17) is 9.47 Å². The Morgan fingerprint density at radius 3 is 2.45 bits per heavy atom. The van der Waals surface area contributed by atoms with Crippen molar-refractivity contribution < 1.29 is 39.2 Å². The van der Waals surface area contributed by atoms with E-state index in [1.54, 1.807) is 17.6 Å². The van der Waals surface area contributed by atoms with Crippen LogP contribution in [0.15, 0.2) is 53.9 Å². The number of phenolic OH excluding ortho intramolecular Hbond substituents is 1. The molecule has 9 heteroatoms. The lowest BCUT2D eigenvalue weighted by molar-refractivity contribution is -0.277. The van der Waals surface area contributed by atoms with Gasteiger partial charge in [-0.05, 0) is 35.8 Å². The van der Waals surface area contributed by atoms with E-state index in [1.165, 1.54) is 12.1 Å². The molecule has 1 fully saturated rings. The van der Waals surface area contributed by atoms with Gasteiger partial charge >= 0.3 is 0 Å². The summed E-state index contributed by atoms with van der Waals surface area (Å²) in [7, 11) is -1.18. The first-order valence-electron chi connectivity index (χ1n) is 9.78. The Hall–Kier alpha value is -2.27. The van der Waals surface area contributed by atoms with Gasteiger partial charge in [-0.1, -0.05) is 36.4 Å². The summed E-state index contributed by atoms with van der Waals surface area (Å²) in [5.74, 6) is 0.200. The van der Waals surface area contributed by atoms with Crippen molar-refractivity contribution in [3.05, 3.63) is 65.1 Å². The van der Waals surface area contributed by atoms with Gasteiger partial charge < -0.3 is 35.0 Å². The summed E-state index contributed by atoms with van der Waals surface area (Å²) in [5.41, 5.74) is 1.70. The number of rotatable bonds is 8. The second kappa shape index (κ2) is 10.9. The second-order valence-electron chi connectivity index (χ2n) is 7.17. The molecule has 31 heavy (non-hydrogen) atoms. The molecule has 3 rings (SSSR count). The molecule has 1 aliphatic rings. The predicted octanol–water partition coefficient (Wildman–Crippen LogP) is 0.533. The van der Waals surface area contributed by atoms with Crippen molar-refractivity contribution in [2.45, 2.75) is 37.1 Å². The topological polar surface area (TPSA) is 137 Å². The number of hydrogen-bond donors (Lipinski definition) is 5. The standard InChI is InChI=1S/C22H26O8S/c23-13-18-19(25)20(26)21(27)22(30-18)29-17-7-6-15(12-16(17)24)9-11-31(28)10-8-14-4-2-1-3-5-14/h1-7,9,11-12,18-27H,8,10,13H2/b11-9+. The molecule has 0 amide bonds. The van der Waals surface area contributed by atoms with Crippen LogP contribution in [0.2, 0.25) is 0 Å². The summed E-state index contributed by atoms with van der Waals surface area (Å²) in [5, 5.41) is 50.7. The highest BCUT2D eigenvalue weighted by molar-refractivity contribution is 7.88. The molecule has 2 aromatic rings. The maximum atomic E-state index is 12.2. The van der Waals surface area contributed by atoms with Crippen molar-refractivity contribution in [3.63, 3.8) is 0 Å². The van der Waals surface area contributed by atoms with Gasteiger partial charge in [0.2, 0.25) is 6.29 Å². The zero-order chi connectivity index (χ0) is 22.4. The van der Waals surface area contributed by atoms with E-state index in [9.17, 15) is 29.7 Å². The summed E-state index contributed by atoms with van der Waals surface area (Å²) in [6.45, 7) is -0.581. The molecule has 5 N–H and O–H groups in total. The Morgan fingerprint density at radius 2 is 1.77 bits per heavy atom. The number of benzene rings is 2. The van der Waals surface area contributed by atoms with E-state index in [2.05, 4.69) is 0 Å². The molecule has 8 nitrogen and oxygen atoms in total. The number of aliphatic hydroxyl groups is 4. The van der Waals surface area contributed by atoms with Crippen LogP contribution in [0.5, 0.6) is 11.5 Å². The van der Waals surface area contributed by atoms with Crippen molar-refractivity contribution in [2.24, 2.45) is 0 Å². The molecule has 1 aliphatic heterocycles. The lowest BCUT2D eigenvalue weighted by atomic mass is 9.99. The molecule has 2 aromatic carbocycles. The van der Waals surface area contributed by atoms with Crippen LogP contribution in [0.1, 0.15) is 11.1 Å². The van der Waals surface area contributed by atoms with E-state index in [1.807, 2.05) is 30.3 Å². The molecule has 0 saturated carbocycles. The van der Waals surface area contributed by atoms with Gasteiger partial charge in [0.05, 0.1) is 6.61 Å². The zero-order valence-corrected chi connectivity index (χ0v) is 17.5. The summed E-state index contributed by atoms with van der Waals surface area (Å²) in [6.07, 6.45) is -4.85. The zero-order valence-electron chi connectivity index (χ0n) is 16.7. The molecule has 168 valence electrons. The average Bonchev–Trinajstić information content (AvgIpc) is 2.78. The van der Waals surface area contributed by atoms with Crippen molar-refractivity contribution in [2.75, 3.05) is 12.4 Å². The minimum absolute atomic E-state index is 0.0216. The molecule has 6 atom stereocenters.